The Balaban J connectivity index is 0. The molecule has 11 rings (SSSR count). The SMILES string of the molecule is C=C(C)CC.CCC(N)=O.Cc1c(Cl)c[n+]([O-])cc1Cl.Cc1c(Cl)cccc1Cl.Cc1c(Cl)cncc1Cl.Cc1c(F)cccc1F.Cc1c(F)cncc1F.Cc1cccnc1.Cc1ccncc1.Cc1cnc[nH]1.Cc1cncc(C)c1C.Cc1ncco1.Cn1ccnc1. The lowest BCUT2D eigenvalue weighted by molar-refractivity contribution is -0.605. The van der Waals surface area contributed by atoms with Crippen molar-refractivity contribution < 1.29 is 31.5 Å². The first-order valence-corrected chi connectivity index (χ1v) is 31.6. The number of nitrogens with two attached hydrogens (primary N) is 1. The summed E-state index contributed by atoms with van der Waals surface area (Å²) in [5.41, 5.74) is 16.0. The van der Waals surface area contributed by atoms with E-state index in [1.54, 1.807) is 89.3 Å². The summed E-state index contributed by atoms with van der Waals surface area (Å²) in [6.07, 6.45) is 32.2. The lowest BCUT2D eigenvalue weighted by Gasteiger charge is -1.99. The molecular weight excluding hydrogens is 1370 g/mol. The molecule has 3 N–H and O–H groups in total. The second-order valence-electron chi connectivity index (χ2n) is 20.2. The van der Waals surface area contributed by atoms with E-state index < -0.39 is 23.3 Å². The lowest BCUT2D eigenvalue weighted by Crippen LogP contribution is -2.24. The van der Waals surface area contributed by atoms with Gasteiger partial charge in [-0.05, 0) is 176 Å². The monoisotopic (exact) mass is 1450 g/mol. The number of nitrogens with zero attached hydrogens (tertiary/aromatic N) is 10. The molecule has 0 aliphatic rings. The van der Waals surface area contributed by atoms with E-state index in [0.717, 1.165) is 57.1 Å². The van der Waals surface area contributed by atoms with E-state index in [4.69, 9.17) is 74.0 Å². The third kappa shape index (κ3) is 45.5. The number of pyridine rings is 6. The Morgan fingerprint density at radius 1 is 0.526 bits per heavy atom. The summed E-state index contributed by atoms with van der Waals surface area (Å²) in [4.78, 5) is 42.6. The fourth-order valence-corrected chi connectivity index (χ4v) is 6.47. The predicted octanol–water partition coefficient (Wildman–Crippen LogP) is 20.6. The van der Waals surface area contributed by atoms with Gasteiger partial charge in [0.15, 0.2) is 18.3 Å². The second-order valence-corrected chi connectivity index (χ2v) is 22.6. The Kier molecular flexibility index (Phi) is 50.0. The van der Waals surface area contributed by atoms with Crippen molar-refractivity contribution in [1.29, 1.82) is 0 Å². The van der Waals surface area contributed by atoms with Crippen LogP contribution in [0, 0.1) is 112 Å². The average molecular weight is 1460 g/mol. The van der Waals surface area contributed by atoms with Crippen molar-refractivity contribution in [2.75, 3.05) is 0 Å². The van der Waals surface area contributed by atoms with Crippen molar-refractivity contribution in [1.82, 2.24) is 49.4 Å². The van der Waals surface area contributed by atoms with Gasteiger partial charge >= 0.3 is 0 Å². The predicted molar refractivity (Wildman–Crippen MR) is 389 cm³/mol. The fraction of sp³-hybridized carbons (Fsp3) is 0.250. The van der Waals surface area contributed by atoms with Gasteiger partial charge in [-0.25, -0.2) is 32.5 Å². The van der Waals surface area contributed by atoms with Crippen LogP contribution in [0.1, 0.15) is 101 Å². The van der Waals surface area contributed by atoms with Crippen LogP contribution < -0.4 is 10.5 Å². The molecule has 522 valence electrons. The van der Waals surface area contributed by atoms with Gasteiger partial charge in [-0.2, -0.15) is 4.73 Å². The average Bonchev–Trinajstić information content (AvgIpc) is 1.49. The Morgan fingerprint density at radius 3 is 1.26 bits per heavy atom. The number of benzene rings is 2. The highest BCUT2D eigenvalue weighted by Crippen LogP contribution is 2.23. The molecule has 25 heteroatoms. The number of hydrogen-bond donors (Lipinski definition) is 2. The van der Waals surface area contributed by atoms with Crippen molar-refractivity contribution in [2.45, 2.75) is 117 Å². The fourth-order valence-electron chi connectivity index (χ4n) is 5.27. The van der Waals surface area contributed by atoms with Crippen molar-refractivity contribution in [2.24, 2.45) is 12.8 Å². The van der Waals surface area contributed by atoms with E-state index in [-0.39, 0.29) is 17.0 Å². The smallest absolute Gasteiger partial charge is 0.217 e. The summed E-state index contributed by atoms with van der Waals surface area (Å²) in [6, 6.07) is 17.2. The molecule has 0 radical (unpaired) electrons. The highest BCUT2D eigenvalue weighted by molar-refractivity contribution is 6.36. The number of rotatable bonds is 2. The first-order valence-electron chi connectivity index (χ1n) is 29.3. The van der Waals surface area contributed by atoms with E-state index in [2.05, 4.69) is 84.9 Å². The minimum atomic E-state index is -0.602. The van der Waals surface area contributed by atoms with Crippen LogP contribution in [0.4, 0.5) is 17.6 Å². The van der Waals surface area contributed by atoms with Crippen LogP contribution >= 0.6 is 69.6 Å². The number of carbonyl (C=O) groups is 1. The number of allylic oxidation sites excluding steroid dienone is 1. The molecule has 0 spiro atoms. The van der Waals surface area contributed by atoms with Crippen LogP contribution in [0.15, 0.2) is 195 Å². The Bertz CT molecular complexity index is 3340. The topological polar surface area (TPSA) is 207 Å². The Labute approximate surface area is 598 Å². The summed E-state index contributed by atoms with van der Waals surface area (Å²) in [5.74, 6) is -1.71. The molecule has 1 amide bonds. The number of oxazole rings is 1. The number of amides is 1. The van der Waals surface area contributed by atoms with Crippen LogP contribution in [-0.4, -0.2) is 55.3 Å². The molecule has 15 nitrogen and oxygen atoms in total. The van der Waals surface area contributed by atoms with Gasteiger partial charge in [-0.3, -0.25) is 29.7 Å². The van der Waals surface area contributed by atoms with Crippen LogP contribution in [0.2, 0.25) is 30.1 Å². The summed E-state index contributed by atoms with van der Waals surface area (Å²) in [6.45, 7) is 31.9. The van der Waals surface area contributed by atoms with Gasteiger partial charge in [0.1, 0.15) is 39.6 Å². The molecular formula is C72H86Cl6F4N12O3. The van der Waals surface area contributed by atoms with Crippen LogP contribution in [0.3, 0.4) is 0 Å². The molecule has 0 aliphatic heterocycles. The standard InChI is InChI=1S/C8H11N.C7H6Cl2.C7H6F2.C6H5Cl2NO.C6H5Cl2N.C6H5F2N.2C6H7N.C5H10.2C4H6N2.C4H5NO.C3H7NO/c1-6-4-9-5-7(2)8(6)3;2*1-5-6(8)3-2-4-7(5)9;1-4-5(7)2-9(10)3-6(4)8;2*1-4-5(7)2-9-3-6(4)8;1-6-2-4-7-5-3-6;1-6-3-2-4-7-5-6;1-4-5(2)3;1-4-2-5-3-6-4;1-6-3-2-5-4-6;1-4-5-2-3-6-4;1-2-3(4)5/h4-5H,1-3H3;2*2-4H,1H3;2-3H,1H3;2*2-3H,1H3;2*2-5H,1H3;2,4H2,1,3H3;2-3H,1H3,(H,5,6);2-4H,1H3;2-3H,1H3;2H2,1H3,(H2,4,5). The van der Waals surface area contributed by atoms with Gasteiger partial charge in [-0.15, -0.1) is 6.58 Å². The number of H-pyrrole nitrogens is 1. The molecule has 0 bridgehead atoms. The summed E-state index contributed by atoms with van der Waals surface area (Å²) in [5, 5.41) is 14.1. The number of hydrogen-bond acceptors (Lipinski definition) is 11. The van der Waals surface area contributed by atoms with Gasteiger partial charge in [0.2, 0.25) is 5.91 Å². The summed E-state index contributed by atoms with van der Waals surface area (Å²) >= 11 is 34.0. The maximum absolute atomic E-state index is 12.3. The lowest BCUT2D eigenvalue weighted by atomic mass is 10.1. The maximum Gasteiger partial charge on any atom is 0.217 e. The number of primary amides is 1. The third-order valence-electron chi connectivity index (χ3n) is 11.9. The summed E-state index contributed by atoms with van der Waals surface area (Å²) in [7, 11) is 1.94. The van der Waals surface area contributed by atoms with Gasteiger partial charge in [0, 0.05) is 115 Å². The van der Waals surface area contributed by atoms with Gasteiger partial charge in [-0.1, -0.05) is 107 Å². The first-order chi connectivity index (χ1) is 45.7. The zero-order chi connectivity index (χ0) is 74.0. The van der Waals surface area contributed by atoms with Gasteiger partial charge in [0.05, 0.1) is 41.3 Å². The minimum Gasteiger partial charge on any atom is -0.619 e. The number of aryl methyl sites for hydroxylation is 7. The molecule has 0 fully saturated rings. The zero-order valence-corrected chi connectivity index (χ0v) is 62.0. The highest BCUT2D eigenvalue weighted by atomic mass is 35.5. The molecule has 9 aromatic heterocycles. The molecule has 0 saturated heterocycles. The van der Waals surface area contributed by atoms with Crippen LogP contribution in [0.5, 0.6) is 0 Å². The number of nitrogens with one attached hydrogen (secondary N) is 1. The quantitative estimate of drug-likeness (QED) is 0.0720. The van der Waals surface area contributed by atoms with Crippen molar-refractivity contribution in [3.05, 3.63) is 317 Å². The molecule has 0 saturated carbocycles. The van der Waals surface area contributed by atoms with E-state index in [1.807, 2.05) is 120 Å². The molecule has 97 heavy (non-hydrogen) atoms. The van der Waals surface area contributed by atoms with Crippen molar-refractivity contribution in [3.8, 4) is 0 Å². The summed E-state index contributed by atoms with van der Waals surface area (Å²) < 4.78 is 56.4. The number of halogens is 10. The molecule has 9 heterocycles. The minimum absolute atomic E-state index is 0.0185. The number of carbonyl (C=O) groups excluding carboxylic acids is 1. The maximum atomic E-state index is 12.3. The number of aromatic amines is 1. The Hall–Kier alpha value is -8.56. The molecule has 0 atom stereocenters. The van der Waals surface area contributed by atoms with Gasteiger partial charge in [0.25, 0.3) is 0 Å². The van der Waals surface area contributed by atoms with Crippen LogP contribution in [0.25, 0.3) is 0 Å². The Morgan fingerprint density at radius 2 is 0.990 bits per heavy atom. The number of imidazole rings is 2. The second kappa shape index (κ2) is 53.6. The van der Waals surface area contributed by atoms with Crippen molar-refractivity contribution in [3.63, 3.8) is 0 Å². The van der Waals surface area contributed by atoms with Crippen LogP contribution in [-0.2, 0) is 11.8 Å². The molecule has 11 aromatic rings. The molecule has 0 unspecified atom stereocenters. The van der Waals surface area contributed by atoms with Crippen molar-refractivity contribution >= 4 is 75.5 Å². The highest BCUT2D eigenvalue weighted by Gasteiger charge is 2.06. The molecule has 0 aliphatic carbocycles. The first kappa shape index (κ1) is 90.5. The van der Waals surface area contributed by atoms with Gasteiger partial charge < -0.3 is 24.9 Å². The van der Waals surface area contributed by atoms with E-state index >= 15 is 0 Å². The van der Waals surface area contributed by atoms with E-state index in [0.29, 0.717) is 31.2 Å². The third-order valence-corrected chi connectivity index (χ3v) is 14.3. The number of aromatic nitrogens is 11. The van der Waals surface area contributed by atoms with E-state index in [1.165, 1.54) is 77.8 Å². The molecule has 2 aromatic carbocycles. The zero-order valence-electron chi connectivity index (χ0n) is 57.4. The normalized spacial score (nSPS) is 9.18. The largest absolute Gasteiger partial charge is 0.619 e. The van der Waals surface area contributed by atoms with E-state index in [9.17, 15) is 27.6 Å².